The zero-order valence-electron chi connectivity index (χ0n) is 10.7. The second-order valence-corrected chi connectivity index (χ2v) is 4.70. The Kier molecular flexibility index (Phi) is 3.79. The number of piperazine rings is 1. The molecule has 0 amide bonds. The van der Waals surface area contributed by atoms with Crippen LogP contribution in [0.15, 0.2) is 30.3 Å². The average Bonchev–Trinajstić information content (AvgIpc) is 2.39. The monoisotopic (exact) mass is 231 g/mol. The molecule has 1 aliphatic rings. The van der Waals surface area contributed by atoms with E-state index in [1.807, 2.05) is 30.3 Å². The molecule has 1 saturated heterocycles. The van der Waals surface area contributed by atoms with Crippen molar-refractivity contribution in [2.75, 3.05) is 26.7 Å². The van der Waals surface area contributed by atoms with Crippen LogP contribution in [0.25, 0.3) is 0 Å². The fraction of sp³-hybridized carbons (Fsp3) is 0.500. The summed E-state index contributed by atoms with van der Waals surface area (Å²) in [5.41, 5.74) is 1.02. The molecule has 0 aliphatic carbocycles. The predicted molar refractivity (Wildman–Crippen MR) is 71.6 cm³/mol. The molecule has 1 aromatic rings. The summed E-state index contributed by atoms with van der Waals surface area (Å²) in [5.74, 6) is 0.664. The average molecular weight is 231 g/mol. The van der Waals surface area contributed by atoms with Crippen LogP contribution in [0.4, 0.5) is 0 Å². The number of likely N-dealkylation sites (N-methyl/N-ethyl adjacent to an activating group) is 1. The molecule has 0 aromatic heterocycles. The van der Waals surface area contributed by atoms with Crippen molar-refractivity contribution in [2.45, 2.75) is 19.4 Å². The molecule has 1 aromatic carbocycles. The van der Waals surface area contributed by atoms with Crippen LogP contribution in [0.1, 0.15) is 18.9 Å². The Morgan fingerprint density at radius 1 is 1.29 bits per heavy atom. The van der Waals surface area contributed by atoms with E-state index in [4.69, 9.17) is 5.41 Å². The van der Waals surface area contributed by atoms with Crippen LogP contribution < -0.4 is 0 Å². The molecule has 3 nitrogen and oxygen atoms in total. The lowest BCUT2D eigenvalue weighted by atomic mass is 10.1. The first kappa shape index (κ1) is 12.1. The summed E-state index contributed by atoms with van der Waals surface area (Å²) in [4.78, 5) is 4.60. The molecule has 17 heavy (non-hydrogen) atoms. The third-order valence-electron chi connectivity index (χ3n) is 3.61. The maximum absolute atomic E-state index is 8.26. The van der Waals surface area contributed by atoms with Gasteiger partial charge >= 0.3 is 0 Å². The van der Waals surface area contributed by atoms with Crippen LogP contribution >= 0.6 is 0 Å². The molecule has 2 rings (SSSR count). The van der Waals surface area contributed by atoms with Gasteiger partial charge in [-0.15, -0.1) is 0 Å². The van der Waals surface area contributed by atoms with Gasteiger partial charge in [0.1, 0.15) is 5.84 Å². The van der Waals surface area contributed by atoms with Gasteiger partial charge in [-0.2, -0.15) is 0 Å². The normalized spacial score (nSPS) is 21.5. The van der Waals surface area contributed by atoms with E-state index in [9.17, 15) is 0 Å². The molecule has 3 heteroatoms. The zero-order valence-corrected chi connectivity index (χ0v) is 10.7. The van der Waals surface area contributed by atoms with E-state index < -0.39 is 0 Å². The van der Waals surface area contributed by atoms with Gasteiger partial charge in [0.25, 0.3) is 0 Å². The molecule has 1 aliphatic heterocycles. The van der Waals surface area contributed by atoms with Gasteiger partial charge in [0.2, 0.25) is 0 Å². The number of nitrogens with one attached hydrogen (secondary N) is 1. The molecule has 1 fully saturated rings. The Morgan fingerprint density at radius 3 is 2.65 bits per heavy atom. The van der Waals surface area contributed by atoms with Gasteiger partial charge in [-0.05, 0) is 13.5 Å². The van der Waals surface area contributed by atoms with Crippen LogP contribution in [-0.4, -0.2) is 48.4 Å². The molecule has 1 atom stereocenters. The van der Waals surface area contributed by atoms with E-state index in [-0.39, 0.29) is 0 Å². The summed E-state index contributed by atoms with van der Waals surface area (Å²) in [6, 6.07) is 10.6. The second kappa shape index (κ2) is 5.32. The highest BCUT2D eigenvalue weighted by molar-refractivity contribution is 5.96. The summed E-state index contributed by atoms with van der Waals surface area (Å²) in [6.07, 6.45) is 1.15. The third-order valence-corrected chi connectivity index (χ3v) is 3.61. The second-order valence-electron chi connectivity index (χ2n) is 4.70. The van der Waals surface area contributed by atoms with E-state index in [0.717, 1.165) is 31.6 Å². The minimum Gasteiger partial charge on any atom is -0.354 e. The first-order chi connectivity index (χ1) is 8.22. The summed E-state index contributed by atoms with van der Waals surface area (Å²) in [6.45, 7) is 5.20. The standard InChI is InChI=1S/C14H21N3/c1-3-13-11-17(10-9-16(13)2)14(15)12-7-5-4-6-8-12/h4-8,13,15H,3,9-11H2,1-2H3. The van der Waals surface area contributed by atoms with E-state index in [1.165, 1.54) is 0 Å². The van der Waals surface area contributed by atoms with Crippen LogP contribution in [-0.2, 0) is 0 Å². The smallest absolute Gasteiger partial charge is 0.128 e. The first-order valence-electron chi connectivity index (χ1n) is 6.31. The van der Waals surface area contributed by atoms with Crippen molar-refractivity contribution in [3.05, 3.63) is 35.9 Å². The lowest BCUT2D eigenvalue weighted by molar-refractivity contribution is 0.137. The minimum absolute atomic E-state index is 0.577. The first-order valence-corrected chi connectivity index (χ1v) is 6.31. The van der Waals surface area contributed by atoms with Crippen molar-refractivity contribution in [1.29, 1.82) is 5.41 Å². The number of nitrogens with zero attached hydrogens (tertiary/aromatic N) is 2. The molecule has 1 heterocycles. The molecular formula is C14H21N3. The molecule has 1 N–H and O–H groups in total. The lowest BCUT2D eigenvalue weighted by Gasteiger charge is -2.40. The highest BCUT2D eigenvalue weighted by Crippen LogP contribution is 2.13. The van der Waals surface area contributed by atoms with Crippen molar-refractivity contribution in [3.8, 4) is 0 Å². The van der Waals surface area contributed by atoms with Crippen LogP contribution in [0.3, 0.4) is 0 Å². The molecular weight excluding hydrogens is 210 g/mol. The van der Waals surface area contributed by atoms with Crippen LogP contribution in [0, 0.1) is 5.41 Å². The zero-order chi connectivity index (χ0) is 12.3. The highest BCUT2D eigenvalue weighted by Gasteiger charge is 2.24. The Labute approximate surface area is 104 Å². The fourth-order valence-corrected chi connectivity index (χ4v) is 2.37. The van der Waals surface area contributed by atoms with Crippen molar-refractivity contribution < 1.29 is 0 Å². The van der Waals surface area contributed by atoms with Gasteiger partial charge in [-0.1, -0.05) is 37.3 Å². The Hall–Kier alpha value is -1.35. The van der Waals surface area contributed by atoms with Crippen molar-refractivity contribution in [2.24, 2.45) is 0 Å². The van der Waals surface area contributed by atoms with E-state index in [1.54, 1.807) is 0 Å². The largest absolute Gasteiger partial charge is 0.354 e. The van der Waals surface area contributed by atoms with Crippen molar-refractivity contribution in [1.82, 2.24) is 9.80 Å². The Balaban J connectivity index is 2.06. The number of rotatable bonds is 2. The van der Waals surface area contributed by atoms with Gasteiger partial charge in [-0.25, -0.2) is 0 Å². The van der Waals surface area contributed by atoms with E-state index in [0.29, 0.717) is 11.9 Å². The Bertz CT molecular complexity index is 374. The summed E-state index contributed by atoms with van der Waals surface area (Å²) < 4.78 is 0. The number of amidine groups is 1. The Morgan fingerprint density at radius 2 is 2.00 bits per heavy atom. The van der Waals surface area contributed by atoms with Gasteiger partial charge in [0.05, 0.1) is 0 Å². The molecule has 0 spiro atoms. The summed E-state index contributed by atoms with van der Waals surface area (Å²) >= 11 is 0. The van der Waals surface area contributed by atoms with Gasteiger partial charge in [0, 0.05) is 31.2 Å². The summed E-state index contributed by atoms with van der Waals surface area (Å²) in [7, 11) is 2.18. The maximum Gasteiger partial charge on any atom is 0.128 e. The predicted octanol–water partition coefficient (Wildman–Crippen LogP) is 2.04. The molecule has 0 saturated carbocycles. The number of hydrogen-bond acceptors (Lipinski definition) is 2. The number of benzene rings is 1. The highest BCUT2D eigenvalue weighted by atomic mass is 15.3. The third kappa shape index (κ3) is 2.67. The fourth-order valence-electron chi connectivity index (χ4n) is 2.37. The van der Waals surface area contributed by atoms with Crippen LogP contribution in [0.2, 0.25) is 0 Å². The topological polar surface area (TPSA) is 30.3 Å². The van der Waals surface area contributed by atoms with E-state index >= 15 is 0 Å². The van der Waals surface area contributed by atoms with Gasteiger partial charge in [0.15, 0.2) is 0 Å². The van der Waals surface area contributed by atoms with Gasteiger partial charge < -0.3 is 4.90 Å². The SMILES string of the molecule is CCC1CN(C(=N)c2ccccc2)CCN1C. The maximum atomic E-state index is 8.26. The van der Waals surface area contributed by atoms with Crippen molar-refractivity contribution >= 4 is 5.84 Å². The molecule has 0 bridgehead atoms. The minimum atomic E-state index is 0.577. The summed E-state index contributed by atoms with van der Waals surface area (Å²) in [5, 5.41) is 8.26. The van der Waals surface area contributed by atoms with E-state index in [2.05, 4.69) is 23.8 Å². The molecule has 92 valence electrons. The van der Waals surface area contributed by atoms with Crippen LogP contribution in [0.5, 0.6) is 0 Å². The van der Waals surface area contributed by atoms with Crippen molar-refractivity contribution in [3.63, 3.8) is 0 Å². The molecule has 0 radical (unpaired) electrons. The van der Waals surface area contributed by atoms with Gasteiger partial charge in [-0.3, -0.25) is 10.3 Å². The lowest BCUT2D eigenvalue weighted by Crippen LogP contribution is -2.52. The molecule has 1 unspecified atom stereocenters. The number of hydrogen-bond donors (Lipinski definition) is 1. The quantitative estimate of drug-likeness (QED) is 0.623.